The molecule has 0 radical (unpaired) electrons. The number of likely N-dealkylation sites (tertiary alicyclic amines) is 1. The lowest BCUT2D eigenvalue weighted by atomic mass is 10.2. The molecule has 0 aliphatic carbocycles. The highest BCUT2D eigenvalue weighted by atomic mass is 19.2. The molecule has 0 N–H and O–H groups in total. The Hall–Kier alpha value is -2.48. The maximum Gasteiger partial charge on any atom is 0.275 e. The molecule has 1 saturated heterocycles. The third-order valence-corrected chi connectivity index (χ3v) is 4.22. The van der Waals surface area contributed by atoms with Crippen molar-refractivity contribution in [3.8, 4) is 5.75 Å². The zero-order valence-corrected chi connectivity index (χ0v) is 14.0. The number of amides is 1. The fourth-order valence-corrected chi connectivity index (χ4v) is 2.72. The molecule has 25 heavy (non-hydrogen) atoms. The van der Waals surface area contributed by atoms with Crippen LogP contribution in [-0.4, -0.2) is 53.9 Å². The van der Waals surface area contributed by atoms with Crippen molar-refractivity contribution in [2.24, 2.45) is 0 Å². The lowest BCUT2D eigenvalue weighted by molar-refractivity contribution is 0.0777. The number of carbonyl (C=O) groups is 1. The number of carbonyl (C=O) groups excluding carboxylic acids is 1. The van der Waals surface area contributed by atoms with E-state index >= 15 is 0 Å². The SMILES string of the molecule is CN(C)[C@H]1CCN(C(=O)c2coc(COc3cccc(F)c3F)n2)C1. The van der Waals surface area contributed by atoms with E-state index in [1.807, 2.05) is 14.1 Å². The number of likely N-dealkylation sites (N-methyl/N-ethyl adjacent to an activating group) is 1. The van der Waals surface area contributed by atoms with Gasteiger partial charge in [0.25, 0.3) is 5.91 Å². The normalized spacial score (nSPS) is 17.3. The van der Waals surface area contributed by atoms with Crippen LogP contribution in [0.25, 0.3) is 0 Å². The van der Waals surface area contributed by atoms with Gasteiger partial charge >= 0.3 is 0 Å². The van der Waals surface area contributed by atoms with Crippen molar-refractivity contribution in [3.05, 3.63) is 47.7 Å². The summed E-state index contributed by atoms with van der Waals surface area (Å²) in [5.74, 6) is -2.39. The maximum atomic E-state index is 13.5. The number of halogens is 2. The molecule has 8 heteroatoms. The van der Waals surface area contributed by atoms with E-state index in [2.05, 4.69) is 9.88 Å². The fourth-order valence-electron chi connectivity index (χ4n) is 2.72. The average molecular weight is 351 g/mol. The van der Waals surface area contributed by atoms with E-state index < -0.39 is 11.6 Å². The standard InChI is InChI=1S/C17H19F2N3O3/c1-21(2)11-6-7-22(8-11)17(23)13-9-25-15(20-13)10-24-14-5-3-4-12(18)16(14)19/h3-5,9,11H,6-8,10H2,1-2H3/t11-/m0/s1. The zero-order valence-electron chi connectivity index (χ0n) is 14.0. The van der Waals surface area contributed by atoms with Crippen molar-refractivity contribution in [2.75, 3.05) is 27.2 Å². The predicted octanol–water partition coefficient (Wildman–Crippen LogP) is 2.31. The summed E-state index contributed by atoms with van der Waals surface area (Å²) < 4.78 is 37.0. The summed E-state index contributed by atoms with van der Waals surface area (Å²) in [5, 5.41) is 0. The molecule has 1 aromatic heterocycles. The number of hydrogen-bond acceptors (Lipinski definition) is 5. The van der Waals surface area contributed by atoms with Gasteiger partial charge in [-0.15, -0.1) is 0 Å². The Morgan fingerprint density at radius 3 is 2.96 bits per heavy atom. The van der Waals surface area contributed by atoms with Crippen LogP contribution in [0.5, 0.6) is 5.75 Å². The number of aromatic nitrogens is 1. The summed E-state index contributed by atoms with van der Waals surface area (Å²) in [6.45, 7) is 1.10. The third-order valence-electron chi connectivity index (χ3n) is 4.22. The van der Waals surface area contributed by atoms with Gasteiger partial charge in [0.2, 0.25) is 11.7 Å². The molecular formula is C17H19F2N3O3. The topological polar surface area (TPSA) is 58.8 Å². The van der Waals surface area contributed by atoms with Gasteiger partial charge in [0, 0.05) is 19.1 Å². The molecule has 0 spiro atoms. The molecule has 1 amide bonds. The van der Waals surface area contributed by atoms with Crippen LogP contribution in [0.15, 0.2) is 28.9 Å². The van der Waals surface area contributed by atoms with Gasteiger partial charge in [0.05, 0.1) is 0 Å². The fraction of sp³-hybridized carbons (Fsp3) is 0.412. The second-order valence-corrected chi connectivity index (χ2v) is 6.12. The van der Waals surface area contributed by atoms with Crippen molar-refractivity contribution in [1.82, 2.24) is 14.8 Å². The van der Waals surface area contributed by atoms with Crippen LogP contribution in [0.1, 0.15) is 22.8 Å². The number of benzene rings is 1. The first-order valence-corrected chi connectivity index (χ1v) is 7.92. The predicted molar refractivity (Wildman–Crippen MR) is 85.2 cm³/mol. The maximum absolute atomic E-state index is 13.5. The van der Waals surface area contributed by atoms with Gasteiger partial charge in [-0.3, -0.25) is 4.79 Å². The van der Waals surface area contributed by atoms with Gasteiger partial charge < -0.3 is 19.0 Å². The molecule has 0 unspecified atom stereocenters. The Labute approximate surface area is 144 Å². The minimum atomic E-state index is -1.07. The van der Waals surface area contributed by atoms with Crippen LogP contribution in [-0.2, 0) is 6.61 Å². The Balaban J connectivity index is 1.61. The highest BCUT2D eigenvalue weighted by Gasteiger charge is 2.29. The van der Waals surface area contributed by atoms with Gasteiger partial charge in [0.15, 0.2) is 23.9 Å². The summed E-state index contributed by atoms with van der Waals surface area (Å²) in [6, 6.07) is 3.97. The molecule has 1 fully saturated rings. The average Bonchev–Trinajstić information content (AvgIpc) is 3.25. The molecule has 0 saturated carbocycles. The summed E-state index contributed by atoms with van der Waals surface area (Å²) in [6.07, 6.45) is 2.16. The van der Waals surface area contributed by atoms with Crippen molar-refractivity contribution >= 4 is 5.91 Å². The second kappa shape index (κ2) is 7.18. The molecular weight excluding hydrogens is 332 g/mol. The number of ether oxygens (including phenoxy) is 1. The van der Waals surface area contributed by atoms with Crippen molar-refractivity contribution in [2.45, 2.75) is 19.1 Å². The first-order valence-electron chi connectivity index (χ1n) is 7.92. The number of oxazole rings is 1. The summed E-state index contributed by atoms with van der Waals surface area (Å²) in [4.78, 5) is 20.3. The monoisotopic (exact) mass is 351 g/mol. The minimum absolute atomic E-state index is 0.121. The van der Waals surface area contributed by atoms with E-state index in [-0.39, 0.29) is 29.8 Å². The highest BCUT2D eigenvalue weighted by Crippen LogP contribution is 2.21. The lowest BCUT2D eigenvalue weighted by Crippen LogP contribution is -2.34. The van der Waals surface area contributed by atoms with Gasteiger partial charge in [-0.25, -0.2) is 9.37 Å². The number of nitrogens with zero attached hydrogens (tertiary/aromatic N) is 3. The Morgan fingerprint density at radius 1 is 1.44 bits per heavy atom. The van der Waals surface area contributed by atoms with Crippen LogP contribution >= 0.6 is 0 Å². The molecule has 2 aromatic rings. The first-order chi connectivity index (χ1) is 12.0. The van der Waals surface area contributed by atoms with Crippen LogP contribution < -0.4 is 4.74 Å². The number of hydrogen-bond donors (Lipinski definition) is 0. The van der Waals surface area contributed by atoms with Crippen LogP contribution in [0.2, 0.25) is 0 Å². The van der Waals surface area contributed by atoms with Gasteiger partial charge in [0.1, 0.15) is 6.26 Å². The van der Waals surface area contributed by atoms with E-state index in [9.17, 15) is 13.6 Å². The molecule has 0 bridgehead atoms. The molecule has 134 valence electrons. The van der Waals surface area contributed by atoms with E-state index in [0.29, 0.717) is 19.1 Å². The van der Waals surface area contributed by atoms with Gasteiger partial charge in [-0.05, 0) is 32.6 Å². The van der Waals surface area contributed by atoms with Crippen LogP contribution in [0.3, 0.4) is 0 Å². The summed E-state index contributed by atoms with van der Waals surface area (Å²) in [7, 11) is 3.96. The molecule has 6 nitrogen and oxygen atoms in total. The molecule has 1 aliphatic rings. The van der Waals surface area contributed by atoms with Crippen LogP contribution in [0.4, 0.5) is 8.78 Å². The molecule has 1 aromatic carbocycles. The van der Waals surface area contributed by atoms with Gasteiger partial charge in [-0.1, -0.05) is 6.07 Å². The second-order valence-electron chi connectivity index (χ2n) is 6.12. The van der Waals surface area contributed by atoms with E-state index in [0.717, 1.165) is 12.5 Å². The molecule has 2 heterocycles. The quantitative estimate of drug-likeness (QED) is 0.827. The zero-order chi connectivity index (χ0) is 18.0. The molecule has 1 atom stereocenters. The Bertz CT molecular complexity index is 763. The first kappa shape index (κ1) is 17.3. The van der Waals surface area contributed by atoms with Crippen molar-refractivity contribution < 1.29 is 22.7 Å². The van der Waals surface area contributed by atoms with Crippen molar-refractivity contribution in [3.63, 3.8) is 0 Å². The molecule has 1 aliphatic heterocycles. The lowest BCUT2D eigenvalue weighted by Gasteiger charge is -2.19. The smallest absolute Gasteiger partial charge is 0.275 e. The summed E-state index contributed by atoms with van der Waals surface area (Å²) >= 11 is 0. The largest absolute Gasteiger partial charge is 0.481 e. The highest BCUT2D eigenvalue weighted by molar-refractivity contribution is 5.92. The minimum Gasteiger partial charge on any atom is -0.481 e. The van der Waals surface area contributed by atoms with E-state index in [1.54, 1.807) is 4.90 Å². The number of rotatable bonds is 5. The third kappa shape index (κ3) is 3.79. The van der Waals surface area contributed by atoms with E-state index in [4.69, 9.17) is 9.15 Å². The molecule has 3 rings (SSSR count). The van der Waals surface area contributed by atoms with Crippen LogP contribution in [0, 0.1) is 11.6 Å². The Morgan fingerprint density at radius 2 is 2.24 bits per heavy atom. The van der Waals surface area contributed by atoms with Gasteiger partial charge in [-0.2, -0.15) is 4.39 Å². The van der Waals surface area contributed by atoms with Crippen molar-refractivity contribution in [1.29, 1.82) is 0 Å². The van der Waals surface area contributed by atoms with E-state index in [1.165, 1.54) is 18.4 Å². The Kier molecular flexibility index (Phi) is 4.98. The summed E-state index contributed by atoms with van der Waals surface area (Å²) in [5.41, 5.74) is 0.178.